The van der Waals surface area contributed by atoms with Gasteiger partial charge in [-0.2, -0.15) is 0 Å². The molecule has 1 aromatic rings. The lowest BCUT2D eigenvalue weighted by atomic mass is 10.3. The molecule has 6 heteroatoms. The molecule has 1 unspecified atom stereocenters. The number of morpholine rings is 1. The van der Waals surface area contributed by atoms with E-state index in [1.165, 1.54) is 12.0 Å². The number of urea groups is 1. The zero-order valence-corrected chi connectivity index (χ0v) is 10.7. The average Bonchev–Trinajstić information content (AvgIpc) is 2.47. The molecule has 0 spiro atoms. The van der Waals surface area contributed by atoms with Crippen LogP contribution in [0.2, 0.25) is 0 Å². The summed E-state index contributed by atoms with van der Waals surface area (Å²) in [6.07, 6.45) is -0.708. The fourth-order valence-electron chi connectivity index (χ4n) is 1.83. The molecule has 1 heterocycles. The first-order valence-corrected chi connectivity index (χ1v) is 6.01. The van der Waals surface area contributed by atoms with E-state index in [-0.39, 0.29) is 12.6 Å². The van der Waals surface area contributed by atoms with E-state index in [9.17, 15) is 9.59 Å². The van der Waals surface area contributed by atoms with Gasteiger partial charge in [0.25, 0.3) is 0 Å². The van der Waals surface area contributed by atoms with Crippen LogP contribution in [0.4, 0.5) is 10.5 Å². The summed E-state index contributed by atoms with van der Waals surface area (Å²) >= 11 is 0. The second-order valence-electron chi connectivity index (χ2n) is 4.12. The van der Waals surface area contributed by atoms with Gasteiger partial charge in [0.2, 0.25) is 0 Å². The van der Waals surface area contributed by atoms with Crippen LogP contribution in [-0.2, 0) is 14.3 Å². The highest BCUT2D eigenvalue weighted by atomic mass is 16.6. The Bertz CT molecular complexity index is 449. The number of anilines is 1. The van der Waals surface area contributed by atoms with Crippen molar-refractivity contribution in [3.05, 3.63) is 30.3 Å². The van der Waals surface area contributed by atoms with Crippen molar-refractivity contribution in [3.8, 4) is 0 Å². The smallest absolute Gasteiger partial charge is 0.336 e. The normalized spacial score (nSPS) is 18.8. The molecule has 2 amide bonds. The van der Waals surface area contributed by atoms with Crippen molar-refractivity contribution in [2.45, 2.75) is 6.10 Å². The SMILES string of the molecule is COC(=O)C1CN(C(=O)Nc2ccccc2)CCO1. The van der Waals surface area contributed by atoms with Crippen LogP contribution in [0.5, 0.6) is 0 Å². The van der Waals surface area contributed by atoms with Crippen molar-refractivity contribution in [1.82, 2.24) is 4.90 Å². The van der Waals surface area contributed by atoms with Crippen LogP contribution in [0, 0.1) is 0 Å². The summed E-state index contributed by atoms with van der Waals surface area (Å²) in [4.78, 5) is 25.0. The largest absolute Gasteiger partial charge is 0.467 e. The van der Waals surface area contributed by atoms with Crippen LogP contribution < -0.4 is 5.32 Å². The van der Waals surface area contributed by atoms with E-state index in [1.54, 1.807) is 12.1 Å². The van der Waals surface area contributed by atoms with Gasteiger partial charge in [0.1, 0.15) is 0 Å². The summed E-state index contributed by atoms with van der Waals surface area (Å²) in [7, 11) is 1.30. The number of esters is 1. The van der Waals surface area contributed by atoms with Crippen LogP contribution >= 0.6 is 0 Å². The fraction of sp³-hybridized carbons (Fsp3) is 0.385. The first-order valence-electron chi connectivity index (χ1n) is 6.01. The molecule has 19 heavy (non-hydrogen) atoms. The van der Waals surface area contributed by atoms with E-state index in [0.29, 0.717) is 18.8 Å². The predicted octanol–water partition coefficient (Wildman–Crippen LogP) is 1.09. The zero-order valence-electron chi connectivity index (χ0n) is 10.7. The summed E-state index contributed by atoms with van der Waals surface area (Å²) in [5, 5.41) is 2.77. The molecule has 6 nitrogen and oxygen atoms in total. The Kier molecular flexibility index (Phi) is 4.35. The van der Waals surface area contributed by atoms with E-state index >= 15 is 0 Å². The summed E-state index contributed by atoms with van der Waals surface area (Å²) in [5.74, 6) is -0.461. The van der Waals surface area contributed by atoms with Gasteiger partial charge < -0.3 is 19.7 Å². The third-order valence-electron chi connectivity index (χ3n) is 2.84. The van der Waals surface area contributed by atoms with Gasteiger partial charge in [-0.15, -0.1) is 0 Å². The minimum Gasteiger partial charge on any atom is -0.467 e. The Morgan fingerprint density at radius 3 is 2.79 bits per heavy atom. The topological polar surface area (TPSA) is 67.9 Å². The summed E-state index contributed by atoms with van der Waals surface area (Å²) < 4.78 is 9.88. The Morgan fingerprint density at radius 1 is 1.37 bits per heavy atom. The minimum absolute atomic E-state index is 0.200. The highest BCUT2D eigenvalue weighted by Crippen LogP contribution is 2.10. The van der Waals surface area contributed by atoms with Crippen molar-refractivity contribution < 1.29 is 19.1 Å². The molecule has 1 fully saturated rings. The maximum atomic E-state index is 12.0. The number of nitrogens with zero attached hydrogens (tertiary/aromatic N) is 1. The van der Waals surface area contributed by atoms with Crippen LogP contribution in [0.3, 0.4) is 0 Å². The number of hydrogen-bond acceptors (Lipinski definition) is 4. The third-order valence-corrected chi connectivity index (χ3v) is 2.84. The van der Waals surface area contributed by atoms with Crippen LogP contribution in [0.25, 0.3) is 0 Å². The molecule has 0 bridgehead atoms. The molecule has 0 radical (unpaired) electrons. The van der Waals surface area contributed by atoms with Gasteiger partial charge >= 0.3 is 12.0 Å². The maximum absolute atomic E-state index is 12.0. The Hall–Kier alpha value is -2.08. The lowest BCUT2D eigenvalue weighted by molar-refractivity contribution is -0.158. The molecule has 2 rings (SSSR count). The average molecular weight is 264 g/mol. The highest BCUT2D eigenvalue weighted by Gasteiger charge is 2.29. The zero-order chi connectivity index (χ0) is 13.7. The molecule has 0 aromatic heterocycles. The number of carbonyl (C=O) groups excluding carboxylic acids is 2. The molecule has 0 saturated carbocycles. The van der Waals surface area contributed by atoms with Crippen LogP contribution in [-0.4, -0.2) is 49.8 Å². The van der Waals surface area contributed by atoms with Gasteiger partial charge in [-0.1, -0.05) is 18.2 Å². The number of amides is 2. The minimum atomic E-state index is -0.708. The van der Waals surface area contributed by atoms with Crippen molar-refractivity contribution in [1.29, 1.82) is 0 Å². The second-order valence-corrected chi connectivity index (χ2v) is 4.12. The number of ether oxygens (including phenoxy) is 2. The number of rotatable bonds is 2. The van der Waals surface area contributed by atoms with E-state index < -0.39 is 12.1 Å². The number of carbonyl (C=O) groups is 2. The Morgan fingerprint density at radius 2 is 2.11 bits per heavy atom. The molecule has 1 aromatic carbocycles. The van der Waals surface area contributed by atoms with Gasteiger partial charge in [-0.3, -0.25) is 0 Å². The van der Waals surface area contributed by atoms with E-state index in [0.717, 1.165) is 0 Å². The summed E-state index contributed by atoms with van der Waals surface area (Å²) in [5.41, 5.74) is 0.716. The first-order chi connectivity index (χ1) is 9.20. The quantitative estimate of drug-likeness (QED) is 0.812. The lowest BCUT2D eigenvalue weighted by Gasteiger charge is -2.31. The molecule has 1 aliphatic heterocycles. The molecule has 1 atom stereocenters. The molecule has 102 valence electrons. The molecule has 0 aliphatic carbocycles. The Balaban J connectivity index is 1.94. The van der Waals surface area contributed by atoms with Crippen LogP contribution in [0.15, 0.2) is 30.3 Å². The number of nitrogens with one attached hydrogen (secondary N) is 1. The molecular formula is C13H16N2O4. The second kappa shape index (κ2) is 6.19. The number of para-hydroxylation sites is 1. The molecule has 1 aliphatic rings. The maximum Gasteiger partial charge on any atom is 0.336 e. The summed E-state index contributed by atoms with van der Waals surface area (Å²) in [6.45, 7) is 0.972. The summed E-state index contributed by atoms with van der Waals surface area (Å²) in [6, 6.07) is 8.91. The Labute approximate surface area is 111 Å². The standard InChI is InChI=1S/C13H16N2O4/c1-18-12(16)11-9-15(7-8-19-11)13(17)14-10-5-3-2-4-6-10/h2-6,11H,7-9H2,1H3,(H,14,17). The van der Waals surface area contributed by atoms with E-state index in [4.69, 9.17) is 4.74 Å². The number of methoxy groups -OCH3 is 1. The van der Waals surface area contributed by atoms with Crippen LogP contribution in [0.1, 0.15) is 0 Å². The number of hydrogen-bond donors (Lipinski definition) is 1. The molecule has 1 N–H and O–H groups in total. The van der Waals surface area contributed by atoms with Gasteiger partial charge in [-0.05, 0) is 12.1 Å². The van der Waals surface area contributed by atoms with E-state index in [2.05, 4.69) is 10.1 Å². The number of benzene rings is 1. The van der Waals surface area contributed by atoms with Crippen molar-refractivity contribution in [2.75, 3.05) is 32.1 Å². The third kappa shape index (κ3) is 3.45. The molecular weight excluding hydrogens is 248 g/mol. The van der Waals surface area contributed by atoms with Gasteiger partial charge in [-0.25, -0.2) is 9.59 Å². The van der Waals surface area contributed by atoms with Gasteiger partial charge in [0.05, 0.1) is 20.3 Å². The highest BCUT2D eigenvalue weighted by molar-refractivity contribution is 5.89. The van der Waals surface area contributed by atoms with E-state index in [1.807, 2.05) is 18.2 Å². The predicted molar refractivity (Wildman–Crippen MR) is 68.8 cm³/mol. The van der Waals surface area contributed by atoms with Gasteiger partial charge in [0, 0.05) is 12.2 Å². The van der Waals surface area contributed by atoms with Crippen molar-refractivity contribution in [2.24, 2.45) is 0 Å². The first kappa shape index (κ1) is 13.4. The fourth-order valence-corrected chi connectivity index (χ4v) is 1.83. The van der Waals surface area contributed by atoms with Crippen molar-refractivity contribution in [3.63, 3.8) is 0 Å². The lowest BCUT2D eigenvalue weighted by Crippen LogP contribution is -2.50. The van der Waals surface area contributed by atoms with Gasteiger partial charge in [0.15, 0.2) is 6.10 Å². The monoisotopic (exact) mass is 264 g/mol. The van der Waals surface area contributed by atoms with Crippen molar-refractivity contribution >= 4 is 17.7 Å². The molecule has 1 saturated heterocycles.